The van der Waals surface area contributed by atoms with E-state index in [9.17, 15) is 21.6 Å². The molecule has 1 fully saturated rings. The van der Waals surface area contributed by atoms with Crippen LogP contribution in [0.1, 0.15) is 18.4 Å². The molecule has 1 aromatic rings. The Morgan fingerprint density at radius 1 is 1.29 bits per heavy atom. The normalized spacial score (nSPS) is 21.4. The summed E-state index contributed by atoms with van der Waals surface area (Å²) in [6.45, 7) is 0.725. The zero-order chi connectivity index (χ0) is 15.7. The Morgan fingerprint density at radius 3 is 2.57 bits per heavy atom. The predicted molar refractivity (Wildman–Crippen MR) is 72.0 cm³/mol. The molecule has 2 N–H and O–H groups in total. The smallest absolute Gasteiger partial charge is 0.330 e. The standard InChI is InChI=1S/C13H17F3N2O2S/c14-13(15,16)11-5-1-2-6-12(11)21(19,20)18-7-3-4-10(8-17)9-18/h1-2,5-6,10H,3-4,7-9,17H2. The Morgan fingerprint density at radius 2 is 1.95 bits per heavy atom. The van der Waals surface area contributed by atoms with Crippen LogP contribution in [-0.2, 0) is 16.2 Å². The van der Waals surface area contributed by atoms with E-state index in [1.165, 1.54) is 12.1 Å². The molecule has 1 unspecified atom stereocenters. The summed E-state index contributed by atoms with van der Waals surface area (Å²) in [6, 6.07) is 4.27. The molecule has 0 amide bonds. The molecule has 0 aliphatic carbocycles. The number of halogens is 3. The molecule has 1 aliphatic rings. The lowest BCUT2D eigenvalue weighted by molar-refractivity contribution is -0.139. The third-order valence-corrected chi connectivity index (χ3v) is 5.55. The van der Waals surface area contributed by atoms with Crippen molar-refractivity contribution in [3.05, 3.63) is 29.8 Å². The summed E-state index contributed by atoms with van der Waals surface area (Å²) in [4.78, 5) is -0.685. The van der Waals surface area contributed by atoms with Gasteiger partial charge in [-0.25, -0.2) is 8.42 Å². The van der Waals surface area contributed by atoms with E-state index in [0.717, 1.165) is 22.9 Å². The molecular weight excluding hydrogens is 305 g/mol. The zero-order valence-electron chi connectivity index (χ0n) is 11.3. The van der Waals surface area contributed by atoms with Gasteiger partial charge in [0.25, 0.3) is 0 Å². The van der Waals surface area contributed by atoms with Crippen molar-refractivity contribution in [3.63, 3.8) is 0 Å². The fraction of sp³-hybridized carbons (Fsp3) is 0.538. The lowest BCUT2D eigenvalue weighted by Gasteiger charge is -2.31. The molecule has 0 saturated carbocycles. The Hall–Kier alpha value is -1.12. The van der Waals surface area contributed by atoms with Crippen LogP contribution < -0.4 is 5.73 Å². The van der Waals surface area contributed by atoms with Gasteiger partial charge in [-0.3, -0.25) is 0 Å². The van der Waals surface area contributed by atoms with Crippen LogP contribution >= 0.6 is 0 Å². The van der Waals surface area contributed by atoms with Gasteiger partial charge in [0, 0.05) is 13.1 Å². The molecular formula is C13H17F3N2O2S. The van der Waals surface area contributed by atoms with Gasteiger partial charge in [0.15, 0.2) is 0 Å². The summed E-state index contributed by atoms with van der Waals surface area (Å²) in [7, 11) is -4.16. The van der Waals surface area contributed by atoms with Crippen molar-refractivity contribution >= 4 is 10.0 Å². The van der Waals surface area contributed by atoms with E-state index in [1.807, 2.05) is 0 Å². The molecule has 0 radical (unpaired) electrons. The van der Waals surface area contributed by atoms with Crippen LogP contribution in [0.3, 0.4) is 0 Å². The van der Waals surface area contributed by atoms with Gasteiger partial charge in [0.05, 0.1) is 10.5 Å². The van der Waals surface area contributed by atoms with Gasteiger partial charge >= 0.3 is 6.18 Å². The number of sulfonamides is 1. The van der Waals surface area contributed by atoms with Crippen LogP contribution in [-0.4, -0.2) is 32.4 Å². The van der Waals surface area contributed by atoms with Crippen LogP contribution in [0.2, 0.25) is 0 Å². The lowest BCUT2D eigenvalue weighted by atomic mass is 10.0. The van der Waals surface area contributed by atoms with E-state index < -0.39 is 26.7 Å². The van der Waals surface area contributed by atoms with Crippen LogP contribution in [0.4, 0.5) is 13.2 Å². The first-order valence-electron chi connectivity index (χ1n) is 6.63. The van der Waals surface area contributed by atoms with E-state index >= 15 is 0 Å². The van der Waals surface area contributed by atoms with Gasteiger partial charge in [0.1, 0.15) is 0 Å². The number of benzene rings is 1. The second-order valence-corrected chi connectivity index (χ2v) is 7.01. The molecule has 0 aromatic heterocycles. The number of rotatable bonds is 3. The van der Waals surface area contributed by atoms with Gasteiger partial charge in [-0.1, -0.05) is 12.1 Å². The van der Waals surface area contributed by atoms with Crippen molar-refractivity contribution < 1.29 is 21.6 Å². The van der Waals surface area contributed by atoms with Crippen molar-refractivity contribution in [2.75, 3.05) is 19.6 Å². The SMILES string of the molecule is NCC1CCCN(S(=O)(=O)c2ccccc2C(F)(F)F)C1. The molecule has 21 heavy (non-hydrogen) atoms. The van der Waals surface area contributed by atoms with Gasteiger partial charge in [-0.2, -0.15) is 17.5 Å². The minimum absolute atomic E-state index is 0.00780. The Bertz CT molecular complexity index is 602. The van der Waals surface area contributed by atoms with E-state index in [-0.39, 0.29) is 19.0 Å². The summed E-state index contributed by atoms with van der Waals surface area (Å²) in [5, 5.41) is 0. The monoisotopic (exact) mass is 322 g/mol. The van der Waals surface area contributed by atoms with E-state index in [4.69, 9.17) is 5.73 Å². The quantitative estimate of drug-likeness (QED) is 0.926. The average Bonchev–Trinajstić information content (AvgIpc) is 2.46. The third kappa shape index (κ3) is 3.38. The van der Waals surface area contributed by atoms with Crippen LogP contribution in [0, 0.1) is 5.92 Å². The molecule has 1 atom stereocenters. The molecule has 8 heteroatoms. The maximum atomic E-state index is 13.0. The number of hydrogen-bond acceptors (Lipinski definition) is 3. The molecule has 2 rings (SSSR count). The maximum Gasteiger partial charge on any atom is 0.417 e. The highest BCUT2D eigenvalue weighted by atomic mass is 32.2. The first-order valence-corrected chi connectivity index (χ1v) is 8.07. The van der Waals surface area contributed by atoms with Gasteiger partial charge in [0.2, 0.25) is 10.0 Å². The first-order chi connectivity index (χ1) is 9.76. The van der Waals surface area contributed by atoms with Gasteiger partial charge in [-0.05, 0) is 37.4 Å². The number of alkyl halides is 3. The summed E-state index contributed by atoms with van der Waals surface area (Å²) in [5.74, 6) is -0.00780. The van der Waals surface area contributed by atoms with Crippen molar-refractivity contribution in [3.8, 4) is 0 Å². The Kier molecular flexibility index (Phi) is 4.60. The summed E-state index contributed by atoms with van der Waals surface area (Å²) in [6.07, 6.45) is -3.30. The molecule has 0 bridgehead atoms. The minimum Gasteiger partial charge on any atom is -0.330 e. The fourth-order valence-electron chi connectivity index (χ4n) is 2.50. The minimum atomic E-state index is -4.70. The fourth-order valence-corrected chi connectivity index (χ4v) is 4.27. The predicted octanol–water partition coefficient (Wildman–Crippen LogP) is 2.06. The van der Waals surface area contributed by atoms with E-state index in [1.54, 1.807) is 0 Å². The van der Waals surface area contributed by atoms with Crippen molar-refractivity contribution in [1.82, 2.24) is 4.31 Å². The molecule has 0 spiro atoms. The summed E-state index contributed by atoms with van der Waals surface area (Å²) in [5.41, 5.74) is 4.42. The lowest BCUT2D eigenvalue weighted by Crippen LogP contribution is -2.42. The van der Waals surface area contributed by atoms with Gasteiger partial charge in [-0.15, -0.1) is 0 Å². The molecule has 4 nitrogen and oxygen atoms in total. The van der Waals surface area contributed by atoms with Gasteiger partial charge < -0.3 is 5.73 Å². The van der Waals surface area contributed by atoms with E-state index in [0.29, 0.717) is 13.0 Å². The summed E-state index contributed by atoms with van der Waals surface area (Å²) < 4.78 is 65.1. The average molecular weight is 322 g/mol. The number of nitrogens with two attached hydrogens (primary N) is 1. The Balaban J connectivity index is 2.41. The number of hydrogen-bond donors (Lipinski definition) is 1. The highest BCUT2D eigenvalue weighted by Crippen LogP contribution is 2.35. The van der Waals surface area contributed by atoms with Crippen LogP contribution in [0.25, 0.3) is 0 Å². The Labute approximate surface area is 121 Å². The first kappa shape index (κ1) is 16.3. The van der Waals surface area contributed by atoms with Crippen molar-refractivity contribution in [2.45, 2.75) is 23.9 Å². The highest BCUT2D eigenvalue weighted by molar-refractivity contribution is 7.89. The molecule has 1 saturated heterocycles. The topological polar surface area (TPSA) is 63.4 Å². The molecule has 1 heterocycles. The zero-order valence-corrected chi connectivity index (χ0v) is 12.1. The second kappa shape index (κ2) is 5.94. The third-order valence-electron chi connectivity index (χ3n) is 3.63. The largest absolute Gasteiger partial charge is 0.417 e. The van der Waals surface area contributed by atoms with Crippen molar-refractivity contribution in [1.29, 1.82) is 0 Å². The molecule has 1 aliphatic heterocycles. The van der Waals surface area contributed by atoms with Crippen LogP contribution in [0.5, 0.6) is 0 Å². The van der Waals surface area contributed by atoms with Crippen molar-refractivity contribution in [2.24, 2.45) is 11.7 Å². The number of nitrogens with zero attached hydrogens (tertiary/aromatic N) is 1. The van der Waals surface area contributed by atoms with E-state index in [2.05, 4.69) is 0 Å². The second-order valence-electron chi connectivity index (χ2n) is 5.10. The molecule has 118 valence electrons. The van der Waals surface area contributed by atoms with Crippen LogP contribution in [0.15, 0.2) is 29.2 Å². The summed E-state index contributed by atoms with van der Waals surface area (Å²) >= 11 is 0. The maximum absolute atomic E-state index is 13.0. The number of piperidine rings is 1. The molecule has 1 aromatic carbocycles. The highest BCUT2D eigenvalue weighted by Gasteiger charge is 2.39.